The van der Waals surface area contributed by atoms with E-state index in [1.54, 1.807) is 4.90 Å². The van der Waals surface area contributed by atoms with Gasteiger partial charge in [-0.15, -0.1) is 0 Å². The Labute approximate surface area is 161 Å². The summed E-state index contributed by atoms with van der Waals surface area (Å²) in [5.74, 6) is -0.0963. The van der Waals surface area contributed by atoms with Crippen LogP contribution in [0.5, 0.6) is 0 Å². The number of unbranched alkanes of at least 4 members (excludes halogenated alkanes) is 10. The zero-order valence-electron chi connectivity index (χ0n) is 17.5. The van der Waals surface area contributed by atoms with Crippen molar-refractivity contribution in [1.29, 1.82) is 0 Å². The van der Waals surface area contributed by atoms with Crippen LogP contribution in [0.1, 0.15) is 90.4 Å². The standard InChI is InChI=1S/C21H42N2O3/c1-4-5-6-7-8-9-10-11-12-14-17-22-20(24)16-13-15-18-26-21(25)19-23(2)3/h4-19H2,1-3H3,(H,22,24). The average molecular weight is 371 g/mol. The molecule has 5 heteroatoms. The Morgan fingerprint density at radius 3 is 1.96 bits per heavy atom. The van der Waals surface area contributed by atoms with Gasteiger partial charge in [0.25, 0.3) is 0 Å². The van der Waals surface area contributed by atoms with Gasteiger partial charge < -0.3 is 10.1 Å². The summed E-state index contributed by atoms with van der Waals surface area (Å²) in [6, 6.07) is 0. The fourth-order valence-corrected chi connectivity index (χ4v) is 2.81. The third-order valence-electron chi connectivity index (χ3n) is 4.36. The third kappa shape index (κ3) is 19.2. The molecule has 0 heterocycles. The van der Waals surface area contributed by atoms with E-state index in [1.165, 1.54) is 57.8 Å². The van der Waals surface area contributed by atoms with Crippen molar-refractivity contribution in [1.82, 2.24) is 10.2 Å². The molecule has 26 heavy (non-hydrogen) atoms. The second-order valence-electron chi connectivity index (χ2n) is 7.45. The molecule has 0 saturated heterocycles. The van der Waals surface area contributed by atoms with E-state index in [-0.39, 0.29) is 11.9 Å². The molecule has 0 aromatic heterocycles. The van der Waals surface area contributed by atoms with Gasteiger partial charge in [0.1, 0.15) is 0 Å². The number of nitrogens with one attached hydrogen (secondary N) is 1. The van der Waals surface area contributed by atoms with Crippen LogP contribution in [0.15, 0.2) is 0 Å². The van der Waals surface area contributed by atoms with Gasteiger partial charge >= 0.3 is 5.97 Å². The Morgan fingerprint density at radius 1 is 0.808 bits per heavy atom. The number of carbonyl (C=O) groups excluding carboxylic acids is 2. The van der Waals surface area contributed by atoms with Crippen LogP contribution < -0.4 is 5.32 Å². The number of amides is 1. The summed E-state index contributed by atoms with van der Waals surface area (Å²) in [4.78, 5) is 24.8. The number of nitrogens with zero attached hydrogens (tertiary/aromatic N) is 1. The van der Waals surface area contributed by atoms with Crippen molar-refractivity contribution in [2.45, 2.75) is 90.4 Å². The fraction of sp³-hybridized carbons (Fsp3) is 0.905. The van der Waals surface area contributed by atoms with Gasteiger partial charge in [0, 0.05) is 13.0 Å². The van der Waals surface area contributed by atoms with Gasteiger partial charge in [-0.1, -0.05) is 64.7 Å². The molecule has 1 N–H and O–H groups in total. The van der Waals surface area contributed by atoms with E-state index in [1.807, 2.05) is 14.1 Å². The molecular formula is C21H42N2O3. The van der Waals surface area contributed by atoms with Crippen molar-refractivity contribution in [2.24, 2.45) is 0 Å². The normalized spacial score (nSPS) is 10.9. The first kappa shape index (κ1) is 24.9. The maximum absolute atomic E-state index is 11.7. The van der Waals surface area contributed by atoms with Gasteiger partial charge in [-0.3, -0.25) is 14.5 Å². The lowest BCUT2D eigenvalue weighted by Gasteiger charge is -2.09. The second kappa shape index (κ2) is 18.7. The lowest BCUT2D eigenvalue weighted by molar-refractivity contribution is -0.144. The maximum Gasteiger partial charge on any atom is 0.320 e. The minimum atomic E-state index is -0.208. The molecule has 0 unspecified atom stereocenters. The topological polar surface area (TPSA) is 58.6 Å². The number of likely N-dealkylation sites (N-methyl/N-ethyl adjacent to an activating group) is 1. The van der Waals surface area contributed by atoms with Crippen LogP contribution in [-0.4, -0.2) is 50.6 Å². The molecule has 0 aliphatic rings. The Hall–Kier alpha value is -1.10. The minimum Gasteiger partial charge on any atom is -0.465 e. The summed E-state index contributed by atoms with van der Waals surface area (Å²) in [6.45, 7) is 3.74. The molecule has 0 aromatic rings. The summed E-state index contributed by atoms with van der Waals surface area (Å²) < 4.78 is 5.09. The highest BCUT2D eigenvalue weighted by Gasteiger charge is 2.05. The average Bonchev–Trinajstić information content (AvgIpc) is 2.58. The molecule has 1 amide bonds. The molecule has 0 fully saturated rings. The molecule has 0 spiro atoms. The van der Waals surface area contributed by atoms with Crippen LogP contribution in [0.3, 0.4) is 0 Å². The van der Waals surface area contributed by atoms with Crippen molar-refractivity contribution in [3.05, 3.63) is 0 Å². The molecule has 0 bridgehead atoms. The van der Waals surface area contributed by atoms with E-state index in [0.29, 0.717) is 19.6 Å². The minimum absolute atomic E-state index is 0.112. The lowest BCUT2D eigenvalue weighted by atomic mass is 10.1. The smallest absolute Gasteiger partial charge is 0.320 e. The summed E-state index contributed by atoms with van der Waals surface area (Å²) >= 11 is 0. The van der Waals surface area contributed by atoms with Crippen molar-refractivity contribution >= 4 is 11.9 Å². The summed E-state index contributed by atoms with van der Waals surface area (Å²) in [5.41, 5.74) is 0. The first-order chi connectivity index (χ1) is 12.6. The zero-order chi connectivity index (χ0) is 19.5. The van der Waals surface area contributed by atoms with E-state index >= 15 is 0 Å². The Balaban J connectivity index is 3.26. The highest BCUT2D eigenvalue weighted by Crippen LogP contribution is 2.10. The van der Waals surface area contributed by atoms with Crippen LogP contribution in [0.4, 0.5) is 0 Å². The monoisotopic (exact) mass is 370 g/mol. The zero-order valence-corrected chi connectivity index (χ0v) is 17.5. The summed E-state index contributed by atoms with van der Waals surface area (Å²) in [5, 5.41) is 2.98. The van der Waals surface area contributed by atoms with Gasteiger partial charge in [-0.2, -0.15) is 0 Å². The van der Waals surface area contributed by atoms with Crippen molar-refractivity contribution in [3.8, 4) is 0 Å². The fourth-order valence-electron chi connectivity index (χ4n) is 2.81. The van der Waals surface area contributed by atoms with Gasteiger partial charge in [0.2, 0.25) is 5.91 Å². The third-order valence-corrected chi connectivity index (χ3v) is 4.36. The molecule has 0 atom stereocenters. The lowest BCUT2D eigenvalue weighted by Crippen LogP contribution is -2.25. The van der Waals surface area contributed by atoms with Crippen LogP contribution >= 0.6 is 0 Å². The van der Waals surface area contributed by atoms with Gasteiger partial charge in [-0.25, -0.2) is 0 Å². The molecule has 0 aliphatic heterocycles. The summed E-state index contributed by atoms with van der Waals surface area (Å²) in [7, 11) is 3.67. The van der Waals surface area contributed by atoms with Crippen molar-refractivity contribution in [2.75, 3.05) is 33.8 Å². The van der Waals surface area contributed by atoms with E-state index in [9.17, 15) is 9.59 Å². The van der Waals surface area contributed by atoms with Gasteiger partial charge in [0.05, 0.1) is 13.2 Å². The van der Waals surface area contributed by atoms with Crippen LogP contribution in [0.25, 0.3) is 0 Å². The van der Waals surface area contributed by atoms with E-state index in [0.717, 1.165) is 25.8 Å². The van der Waals surface area contributed by atoms with Crippen molar-refractivity contribution in [3.63, 3.8) is 0 Å². The van der Waals surface area contributed by atoms with E-state index < -0.39 is 0 Å². The molecule has 0 aromatic carbocycles. The number of ether oxygens (including phenoxy) is 1. The Morgan fingerprint density at radius 2 is 1.38 bits per heavy atom. The molecule has 154 valence electrons. The van der Waals surface area contributed by atoms with Crippen LogP contribution in [-0.2, 0) is 14.3 Å². The largest absolute Gasteiger partial charge is 0.465 e. The highest BCUT2D eigenvalue weighted by molar-refractivity contribution is 5.75. The Kier molecular flexibility index (Phi) is 17.9. The number of hydrogen-bond acceptors (Lipinski definition) is 4. The molecule has 0 saturated carbocycles. The number of carbonyl (C=O) groups is 2. The molecule has 5 nitrogen and oxygen atoms in total. The quantitative estimate of drug-likeness (QED) is 0.289. The Bertz CT molecular complexity index is 346. The number of esters is 1. The van der Waals surface area contributed by atoms with E-state index in [4.69, 9.17) is 4.74 Å². The van der Waals surface area contributed by atoms with Gasteiger partial charge in [-0.05, 0) is 33.4 Å². The van der Waals surface area contributed by atoms with Crippen LogP contribution in [0.2, 0.25) is 0 Å². The molecule has 0 aliphatic carbocycles. The summed E-state index contributed by atoms with van der Waals surface area (Å²) in [6.07, 6.45) is 15.1. The molecular weight excluding hydrogens is 328 g/mol. The number of hydrogen-bond donors (Lipinski definition) is 1. The number of rotatable bonds is 18. The highest BCUT2D eigenvalue weighted by atomic mass is 16.5. The molecule has 0 rings (SSSR count). The first-order valence-electron chi connectivity index (χ1n) is 10.6. The predicted octanol–water partition coefficient (Wildman–Crippen LogP) is 4.30. The van der Waals surface area contributed by atoms with Crippen LogP contribution in [0, 0.1) is 0 Å². The predicted molar refractivity (Wildman–Crippen MR) is 108 cm³/mol. The van der Waals surface area contributed by atoms with Gasteiger partial charge in [0.15, 0.2) is 0 Å². The first-order valence-corrected chi connectivity index (χ1v) is 10.6. The maximum atomic E-state index is 11.7. The molecule has 0 radical (unpaired) electrons. The SMILES string of the molecule is CCCCCCCCCCCCNC(=O)CCCCOC(=O)CN(C)C. The second-order valence-corrected chi connectivity index (χ2v) is 7.45. The van der Waals surface area contributed by atoms with Crippen molar-refractivity contribution < 1.29 is 14.3 Å². The van der Waals surface area contributed by atoms with E-state index in [2.05, 4.69) is 12.2 Å².